The van der Waals surface area contributed by atoms with Crippen LogP contribution in [0.5, 0.6) is 5.75 Å². The Bertz CT molecular complexity index is 404. The molecular weight excluding hydrogens is 215 g/mol. The van der Waals surface area contributed by atoms with E-state index in [1.165, 1.54) is 0 Å². The lowest BCUT2D eigenvalue weighted by Crippen LogP contribution is -2.32. The lowest BCUT2D eigenvalue weighted by molar-refractivity contribution is 0.275. The molecule has 17 heavy (non-hydrogen) atoms. The number of rotatable bonds is 4. The fourth-order valence-corrected chi connectivity index (χ4v) is 2.26. The second kappa shape index (κ2) is 5.11. The molecule has 0 bridgehead atoms. The van der Waals surface area contributed by atoms with Crippen LogP contribution in [0, 0.1) is 0 Å². The Balaban J connectivity index is 2.43. The van der Waals surface area contributed by atoms with Crippen molar-refractivity contribution in [3.8, 4) is 5.75 Å². The van der Waals surface area contributed by atoms with Crippen LogP contribution in [0.3, 0.4) is 0 Å². The first-order chi connectivity index (χ1) is 8.15. The summed E-state index contributed by atoms with van der Waals surface area (Å²) in [7, 11) is -0.799. The van der Waals surface area contributed by atoms with E-state index in [2.05, 4.69) is 20.8 Å². The van der Waals surface area contributed by atoms with Gasteiger partial charge in [0.25, 0.3) is 0 Å². The number of hydrogen-bond donors (Lipinski definition) is 1. The van der Waals surface area contributed by atoms with Crippen molar-refractivity contribution in [1.82, 2.24) is 0 Å². The standard InChI is InChI=1S/C13H19BO3/c1-4-7-16-11-6-5-10-8-17-14(15)13(10)12(11)9(2)3/h5-6,9,15H,4,7-8H2,1-3H3. The summed E-state index contributed by atoms with van der Waals surface area (Å²) < 4.78 is 11.0. The summed E-state index contributed by atoms with van der Waals surface area (Å²) in [6.45, 7) is 7.50. The smallest absolute Gasteiger partial charge is 0.492 e. The average molecular weight is 234 g/mol. The van der Waals surface area contributed by atoms with Crippen molar-refractivity contribution in [2.45, 2.75) is 39.7 Å². The minimum absolute atomic E-state index is 0.313. The van der Waals surface area contributed by atoms with E-state index >= 15 is 0 Å². The molecule has 0 unspecified atom stereocenters. The zero-order valence-electron chi connectivity index (χ0n) is 10.7. The molecule has 0 spiro atoms. The molecule has 3 nitrogen and oxygen atoms in total. The van der Waals surface area contributed by atoms with Gasteiger partial charge in [0, 0.05) is 0 Å². The number of hydrogen-bond acceptors (Lipinski definition) is 3. The summed E-state index contributed by atoms with van der Waals surface area (Å²) in [5.41, 5.74) is 3.07. The third kappa shape index (κ3) is 2.33. The average Bonchev–Trinajstić information content (AvgIpc) is 2.67. The molecule has 0 radical (unpaired) electrons. The fraction of sp³-hybridized carbons (Fsp3) is 0.538. The Morgan fingerprint density at radius 3 is 2.88 bits per heavy atom. The van der Waals surface area contributed by atoms with E-state index in [9.17, 15) is 5.02 Å². The van der Waals surface area contributed by atoms with Gasteiger partial charge in [-0.05, 0) is 35.0 Å². The molecule has 0 fully saturated rings. The first-order valence-corrected chi connectivity index (χ1v) is 6.23. The van der Waals surface area contributed by atoms with Crippen LogP contribution in [0.4, 0.5) is 0 Å². The molecule has 1 heterocycles. The molecule has 1 N–H and O–H groups in total. The molecule has 92 valence electrons. The van der Waals surface area contributed by atoms with Crippen molar-refractivity contribution in [3.63, 3.8) is 0 Å². The van der Waals surface area contributed by atoms with Gasteiger partial charge in [0.05, 0.1) is 13.2 Å². The zero-order valence-corrected chi connectivity index (χ0v) is 10.7. The molecule has 2 rings (SSSR count). The van der Waals surface area contributed by atoms with Crippen LogP contribution < -0.4 is 10.2 Å². The van der Waals surface area contributed by atoms with Crippen LogP contribution in [0.1, 0.15) is 44.2 Å². The topological polar surface area (TPSA) is 38.7 Å². The SMILES string of the molecule is CCCOc1ccc2c(c1C(C)C)B(O)OC2. The first-order valence-electron chi connectivity index (χ1n) is 6.23. The predicted molar refractivity (Wildman–Crippen MR) is 68.7 cm³/mol. The summed E-state index contributed by atoms with van der Waals surface area (Å²) in [4.78, 5) is 0. The second-order valence-corrected chi connectivity index (χ2v) is 4.72. The van der Waals surface area contributed by atoms with E-state index < -0.39 is 7.12 Å². The molecule has 0 aliphatic carbocycles. The van der Waals surface area contributed by atoms with E-state index in [4.69, 9.17) is 9.39 Å². The third-order valence-corrected chi connectivity index (χ3v) is 3.02. The highest BCUT2D eigenvalue weighted by Gasteiger charge is 2.32. The summed E-state index contributed by atoms with van der Waals surface area (Å²) in [6.07, 6.45) is 0.980. The molecule has 0 saturated carbocycles. The molecule has 0 aromatic heterocycles. The van der Waals surface area contributed by atoms with Crippen LogP contribution >= 0.6 is 0 Å². The third-order valence-electron chi connectivity index (χ3n) is 3.02. The summed E-state index contributed by atoms with van der Waals surface area (Å²) in [6, 6.07) is 3.98. The molecule has 0 saturated heterocycles. The van der Waals surface area contributed by atoms with Crippen LogP contribution in [0.2, 0.25) is 0 Å². The normalized spacial score (nSPS) is 14.3. The van der Waals surface area contributed by atoms with Crippen LogP contribution in [-0.4, -0.2) is 18.7 Å². The Hall–Kier alpha value is -0.995. The molecule has 4 heteroatoms. The van der Waals surface area contributed by atoms with Crippen molar-refractivity contribution in [1.29, 1.82) is 0 Å². The van der Waals surface area contributed by atoms with Gasteiger partial charge in [-0.3, -0.25) is 0 Å². The maximum Gasteiger partial charge on any atom is 0.492 e. The molecule has 1 aromatic rings. The Labute approximate surface area is 103 Å². The van der Waals surface area contributed by atoms with Crippen molar-refractivity contribution < 1.29 is 14.4 Å². The van der Waals surface area contributed by atoms with E-state index in [0.29, 0.717) is 19.1 Å². The highest BCUT2D eigenvalue weighted by Crippen LogP contribution is 2.29. The molecular formula is C13H19BO3. The summed E-state index contributed by atoms with van der Waals surface area (Å²) in [5, 5.41) is 9.88. The molecule has 1 aliphatic rings. The van der Waals surface area contributed by atoms with E-state index in [1.54, 1.807) is 0 Å². The molecule has 0 atom stereocenters. The van der Waals surface area contributed by atoms with Crippen LogP contribution in [-0.2, 0) is 11.3 Å². The maximum atomic E-state index is 9.88. The molecule has 0 amide bonds. The fourth-order valence-electron chi connectivity index (χ4n) is 2.26. The summed E-state index contributed by atoms with van der Waals surface area (Å²) >= 11 is 0. The first kappa shape index (κ1) is 12.5. The van der Waals surface area contributed by atoms with E-state index in [0.717, 1.165) is 28.8 Å². The van der Waals surface area contributed by atoms with Crippen molar-refractivity contribution in [2.24, 2.45) is 0 Å². The zero-order chi connectivity index (χ0) is 12.4. The number of benzene rings is 1. The van der Waals surface area contributed by atoms with Gasteiger partial charge in [-0.15, -0.1) is 0 Å². The minimum Gasteiger partial charge on any atom is -0.493 e. The van der Waals surface area contributed by atoms with E-state index in [-0.39, 0.29) is 0 Å². The minimum atomic E-state index is -0.799. The number of fused-ring (bicyclic) bond motifs is 1. The van der Waals surface area contributed by atoms with Gasteiger partial charge >= 0.3 is 7.12 Å². The van der Waals surface area contributed by atoms with Gasteiger partial charge in [0.2, 0.25) is 0 Å². The quantitative estimate of drug-likeness (QED) is 0.807. The lowest BCUT2D eigenvalue weighted by Gasteiger charge is -2.17. The second-order valence-electron chi connectivity index (χ2n) is 4.72. The van der Waals surface area contributed by atoms with Gasteiger partial charge in [-0.25, -0.2) is 0 Å². The molecule has 1 aliphatic heterocycles. The van der Waals surface area contributed by atoms with Gasteiger partial charge in [-0.1, -0.05) is 26.8 Å². The van der Waals surface area contributed by atoms with Crippen molar-refractivity contribution in [3.05, 3.63) is 23.3 Å². The Morgan fingerprint density at radius 2 is 2.24 bits per heavy atom. The van der Waals surface area contributed by atoms with Gasteiger partial charge in [0.15, 0.2) is 0 Å². The molecule has 1 aromatic carbocycles. The largest absolute Gasteiger partial charge is 0.493 e. The van der Waals surface area contributed by atoms with Crippen molar-refractivity contribution in [2.75, 3.05) is 6.61 Å². The summed E-state index contributed by atoms with van der Waals surface area (Å²) in [5.74, 6) is 1.19. The highest BCUT2D eigenvalue weighted by atomic mass is 16.5. The van der Waals surface area contributed by atoms with Crippen molar-refractivity contribution >= 4 is 12.6 Å². The van der Waals surface area contributed by atoms with E-state index in [1.807, 2.05) is 12.1 Å². The van der Waals surface area contributed by atoms with Crippen LogP contribution in [0.25, 0.3) is 0 Å². The lowest BCUT2D eigenvalue weighted by atomic mass is 9.73. The highest BCUT2D eigenvalue weighted by molar-refractivity contribution is 6.62. The predicted octanol–water partition coefficient (Wildman–Crippen LogP) is 1.82. The maximum absolute atomic E-state index is 9.88. The monoisotopic (exact) mass is 234 g/mol. The van der Waals surface area contributed by atoms with Gasteiger partial charge in [-0.2, -0.15) is 0 Å². The Kier molecular flexibility index (Phi) is 3.74. The van der Waals surface area contributed by atoms with Crippen LogP contribution in [0.15, 0.2) is 12.1 Å². The van der Waals surface area contributed by atoms with Gasteiger partial charge < -0.3 is 14.4 Å². The number of ether oxygens (including phenoxy) is 1. The Morgan fingerprint density at radius 1 is 1.47 bits per heavy atom. The van der Waals surface area contributed by atoms with Gasteiger partial charge in [0.1, 0.15) is 5.75 Å².